The fourth-order valence-electron chi connectivity index (χ4n) is 2.76. The summed E-state index contributed by atoms with van der Waals surface area (Å²) in [6, 6.07) is 23.2. The van der Waals surface area contributed by atoms with Gasteiger partial charge < -0.3 is 0 Å². The number of hydrogen-bond donors (Lipinski definition) is 0. The van der Waals surface area contributed by atoms with Crippen LogP contribution in [-0.4, -0.2) is 14.6 Å². The molecule has 0 unspecified atom stereocenters. The smallest absolute Gasteiger partial charge is 0.160 e. The van der Waals surface area contributed by atoms with Crippen LogP contribution in [0.5, 0.6) is 0 Å². The van der Waals surface area contributed by atoms with Crippen molar-refractivity contribution < 1.29 is 0 Å². The van der Waals surface area contributed by atoms with Gasteiger partial charge in [-0.2, -0.15) is 0 Å². The first kappa shape index (κ1) is 12.8. The van der Waals surface area contributed by atoms with Crippen molar-refractivity contribution in [3.63, 3.8) is 0 Å². The molecule has 22 heavy (non-hydrogen) atoms. The van der Waals surface area contributed by atoms with Gasteiger partial charge in [-0.1, -0.05) is 54.6 Å². The molecule has 4 rings (SSSR count). The predicted octanol–water partition coefficient (Wildman–Crippen LogP) is 3.99. The summed E-state index contributed by atoms with van der Waals surface area (Å²) in [7, 11) is 0. The Morgan fingerprint density at radius 3 is 2.55 bits per heavy atom. The zero-order chi connectivity index (χ0) is 14.8. The molecule has 0 N–H and O–H groups in total. The van der Waals surface area contributed by atoms with E-state index in [9.17, 15) is 0 Å². The molecule has 0 atom stereocenters. The third-order valence-electron chi connectivity index (χ3n) is 3.86. The van der Waals surface area contributed by atoms with E-state index in [4.69, 9.17) is 0 Å². The summed E-state index contributed by atoms with van der Waals surface area (Å²) < 4.78 is 1.95. The number of aromatic nitrogens is 3. The SMILES string of the molecule is c1ccc(Cc2ccccc2-c2ccc3nncn3c2)cc1. The van der Waals surface area contributed by atoms with Gasteiger partial charge in [0.1, 0.15) is 6.33 Å². The largest absolute Gasteiger partial charge is 0.288 e. The molecule has 0 aliphatic carbocycles. The van der Waals surface area contributed by atoms with Gasteiger partial charge in [-0.15, -0.1) is 10.2 Å². The summed E-state index contributed by atoms with van der Waals surface area (Å²) in [6.07, 6.45) is 4.75. The van der Waals surface area contributed by atoms with Gasteiger partial charge in [0, 0.05) is 6.20 Å². The van der Waals surface area contributed by atoms with E-state index >= 15 is 0 Å². The molecule has 0 saturated heterocycles. The van der Waals surface area contributed by atoms with Crippen LogP contribution < -0.4 is 0 Å². The number of hydrogen-bond acceptors (Lipinski definition) is 2. The Hall–Kier alpha value is -2.94. The maximum absolute atomic E-state index is 4.06. The van der Waals surface area contributed by atoms with E-state index in [0.29, 0.717) is 0 Å². The molecule has 0 saturated carbocycles. The summed E-state index contributed by atoms with van der Waals surface area (Å²) in [5.74, 6) is 0. The zero-order valence-electron chi connectivity index (χ0n) is 12.1. The fourth-order valence-corrected chi connectivity index (χ4v) is 2.76. The first-order chi connectivity index (χ1) is 10.9. The lowest BCUT2D eigenvalue weighted by Gasteiger charge is -2.10. The molecule has 0 aliphatic heterocycles. The molecule has 3 nitrogen and oxygen atoms in total. The van der Waals surface area contributed by atoms with Crippen LogP contribution in [0, 0.1) is 0 Å². The number of fused-ring (bicyclic) bond motifs is 1. The minimum atomic E-state index is 0.865. The quantitative estimate of drug-likeness (QED) is 0.570. The summed E-state index contributed by atoms with van der Waals surface area (Å²) in [5.41, 5.74) is 5.94. The van der Waals surface area contributed by atoms with E-state index in [2.05, 4.69) is 77.1 Å². The van der Waals surface area contributed by atoms with Gasteiger partial charge in [0.15, 0.2) is 5.65 Å². The van der Waals surface area contributed by atoms with Gasteiger partial charge in [0.2, 0.25) is 0 Å². The van der Waals surface area contributed by atoms with Crippen LogP contribution in [0.3, 0.4) is 0 Å². The highest BCUT2D eigenvalue weighted by molar-refractivity contribution is 5.68. The second kappa shape index (κ2) is 5.45. The summed E-state index contributed by atoms with van der Waals surface area (Å²) in [6.45, 7) is 0. The van der Waals surface area contributed by atoms with Gasteiger partial charge in [0.25, 0.3) is 0 Å². The summed E-state index contributed by atoms with van der Waals surface area (Å²) >= 11 is 0. The molecule has 3 heteroatoms. The molecule has 4 aromatic rings. The average Bonchev–Trinajstić information content (AvgIpc) is 3.04. The predicted molar refractivity (Wildman–Crippen MR) is 87.7 cm³/mol. The molecule has 0 spiro atoms. The average molecular weight is 285 g/mol. The normalized spacial score (nSPS) is 10.9. The van der Waals surface area contributed by atoms with Crippen molar-refractivity contribution >= 4 is 5.65 Å². The van der Waals surface area contributed by atoms with Crippen LogP contribution in [0.1, 0.15) is 11.1 Å². The van der Waals surface area contributed by atoms with Crippen molar-refractivity contribution in [2.45, 2.75) is 6.42 Å². The van der Waals surface area contributed by atoms with Gasteiger partial charge in [-0.3, -0.25) is 4.40 Å². The van der Waals surface area contributed by atoms with E-state index in [1.807, 2.05) is 10.5 Å². The van der Waals surface area contributed by atoms with Crippen LogP contribution in [-0.2, 0) is 6.42 Å². The molecule has 0 amide bonds. The van der Waals surface area contributed by atoms with Gasteiger partial charge in [-0.25, -0.2) is 0 Å². The fraction of sp³-hybridized carbons (Fsp3) is 0.0526. The minimum absolute atomic E-state index is 0.865. The van der Waals surface area contributed by atoms with Gasteiger partial charge in [-0.05, 0) is 40.8 Å². The third-order valence-corrected chi connectivity index (χ3v) is 3.86. The second-order valence-electron chi connectivity index (χ2n) is 5.33. The molecule has 2 aromatic carbocycles. The first-order valence-corrected chi connectivity index (χ1v) is 7.32. The van der Waals surface area contributed by atoms with E-state index in [1.165, 1.54) is 22.3 Å². The Morgan fingerprint density at radius 2 is 1.64 bits per heavy atom. The molecule has 0 aliphatic rings. The summed E-state index contributed by atoms with van der Waals surface area (Å²) in [5, 5.41) is 8.00. The van der Waals surface area contributed by atoms with Crippen molar-refractivity contribution in [3.05, 3.63) is 90.4 Å². The van der Waals surface area contributed by atoms with Crippen molar-refractivity contribution in [2.24, 2.45) is 0 Å². The van der Waals surface area contributed by atoms with E-state index < -0.39 is 0 Å². The zero-order valence-corrected chi connectivity index (χ0v) is 12.1. The minimum Gasteiger partial charge on any atom is -0.288 e. The second-order valence-corrected chi connectivity index (χ2v) is 5.33. The lowest BCUT2D eigenvalue weighted by atomic mass is 9.96. The molecular weight excluding hydrogens is 270 g/mol. The molecule has 2 heterocycles. The molecule has 0 radical (unpaired) electrons. The van der Waals surface area contributed by atoms with Crippen LogP contribution in [0.15, 0.2) is 79.3 Å². The molecule has 2 aromatic heterocycles. The van der Waals surface area contributed by atoms with Crippen LogP contribution >= 0.6 is 0 Å². The highest BCUT2D eigenvalue weighted by atomic mass is 15.2. The number of benzene rings is 2. The van der Waals surface area contributed by atoms with Gasteiger partial charge in [0.05, 0.1) is 0 Å². The molecule has 0 fully saturated rings. The van der Waals surface area contributed by atoms with Crippen molar-refractivity contribution in [2.75, 3.05) is 0 Å². The van der Waals surface area contributed by atoms with Crippen LogP contribution in [0.4, 0.5) is 0 Å². The van der Waals surface area contributed by atoms with Crippen molar-refractivity contribution in [1.82, 2.24) is 14.6 Å². The number of pyridine rings is 1. The molecule has 106 valence electrons. The van der Waals surface area contributed by atoms with Crippen molar-refractivity contribution in [1.29, 1.82) is 0 Å². The van der Waals surface area contributed by atoms with Crippen LogP contribution in [0.2, 0.25) is 0 Å². The monoisotopic (exact) mass is 285 g/mol. The molecule has 0 bridgehead atoms. The third kappa shape index (κ3) is 2.37. The highest BCUT2D eigenvalue weighted by Gasteiger charge is 2.07. The Balaban J connectivity index is 1.78. The topological polar surface area (TPSA) is 30.2 Å². The van der Waals surface area contributed by atoms with E-state index in [-0.39, 0.29) is 0 Å². The first-order valence-electron chi connectivity index (χ1n) is 7.32. The van der Waals surface area contributed by atoms with E-state index in [1.54, 1.807) is 6.33 Å². The van der Waals surface area contributed by atoms with Crippen LogP contribution in [0.25, 0.3) is 16.8 Å². The number of rotatable bonds is 3. The number of nitrogens with zero attached hydrogens (tertiary/aromatic N) is 3. The lowest BCUT2D eigenvalue weighted by Crippen LogP contribution is -1.93. The Kier molecular flexibility index (Phi) is 3.16. The Labute approximate surface area is 128 Å². The van der Waals surface area contributed by atoms with Crippen molar-refractivity contribution in [3.8, 4) is 11.1 Å². The lowest BCUT2D eigenvalue weighted by molar-refractivity contribution is 1.10. The molecular formula is C19H15N3. The Morgan fingerprint density at radius 1 is 0.818 bits per heavy atom. The standard InChI is InChI=1S/C19H15N3/c1-2-6-15(7-3-1)12-16-8-4-5-9-18(16)17-10-11-19-21-20-14-22(19)13-17/h1-11,13-14H,12H2. The highest BCUT2D eigenvalue weighted by Crippen LogP contribution is 2.25. The van der Waals surface area contributed by atoms with E-state index in [0.717, 1.165) is 12.1 Å². The Bertz CT molecular complexity index is 910. The maximum Gasteiger partial charge on any atom is 0.160 e. The van der Waals surface area contributed by atoms with Gasteiger partial charge >= 0.3 is 0 Å². The summed E-state index contributed by atoms with van der Waals surface area (Å²) in [4.78, 5) is 0. The maximum atomic E-state index is 4.06.